The SMILES string of the molecule is Cc1c(C)n(Cc2ccccn2)c2ncn3nc(-c4cccnc4)nc3c12. The number of hydrogen-bond donors (Lipinski definition) is 0. The number of rotatable bonds is 3. The predicted molar refractivity (Wildman–Crippen MR) is 102 cm³/mol. The lowest BCUT2D eigenvalue weighted by atomic mass is 10.2. The molecular formula is C20H17N7. The third-order valence-electron chi connectivity index (χ3n) is 4.91. The molecule has 0 atom stereocenters. The van der Waals surface area contributed by atoms with Gasteiger partial charge in [0.2, 0.25) is 0 Å². The Morgan fingerprint density at radius 2 is 1.89 bits per heavy atom. The molecule has 0 radical (unpaired) electrons. The Bertz CT molecular complexity index is 1250. The molecule has 0 aliphatic heterocycles. The number of nitrogens with zero attached hydrogens (tertiary/aromatic N) is 7. The van der Waals surface area contributed by atoms with Crippen LogP contribution in [0.15, 0.2) is 55.2 Å². The minimum Gasteiger partial charge on any atom is -0.323 e. The van der Waals surface area contributed by atoms with E-state index in [2.05, 4.69) is 38.5 Å². The number of aryl methyl sites for hydroxylation is 1. The standard InChI is InChI=1S/C20H17N7/c1-13-14(2)26(11-16-7-3-4-9-22-16)19-17(13)20-24-18(25-27(20)12-23-19)15-6-5-8-21-10-15/h3-10,12H,11H2,1-2H3. The molecule has 0 spiro atoms. The molecule has 5 heterocycles. The second-order valence-corrected chi connectivity index (χ2v) is 6.51. The van der Waals surface area contributed by atoms with Crippen molar-refractivity contribution < 1.29 is 0 Å². The fraction of sp³-hybridized carbons (Fsp3) is 0.150. The number of hydrogen-bond acceptors (Lipinski definition) is 5. The van der Waals surface area contributed by atoms with Crippen molar-refractivity contribution in [2.45, 2.75) is 20.4 Å². The average molecular weight is 355 g/mol. The molecule has 7 heteroatoms. The maximum atomic E-state index is 4.78. The summed E-state index contributed by atoms with van der Waals surface area (Å²) in [6.07, 6.45) is 7.04. The topological polar surface area (TPSA) is 73.8 Å². The first-order chi connectivity index (χ1) is 13.2. The van der Waals surface area contributed by atoms with Crippen molar-refractivity contribution in [1.82, 2.24) is 34.1 Å². The van der Waals surface area contributed by atoms with Crippen LogP contribution in [0.1, 0.15) is 17.0 Å². The molecule has 0 saturated heterocycles. The van der Waals surface area contributed by atoms with Gasteiger partial charge in [0, 0.05) is 29.8 Å². The number of aromatic nitrogens is 7. The van der Waals surface area contributed by atoms with Crippen molar-refractivity contribution >= 4 is 16.7 Å². The highest BCUT2D eigenvalue weighted by Crippen LogP contribution is 2.28. The van der Waals surface area contributed by atoms with E-state index in [9.17, 15) is 0 Å². The lowest BCUT2D eigenvalue weighted by molar-refractivity contribution is 0.766. The van der Waals surface area contributed by atoms with Crippen LogP contribution in [-0.2, 0) is 6.54 Å². The smallest absolute Gasteiger partial charge is 0.183 e. The minimum absolute atomic E-state index is 0.645. The van der Waals surface area contributed by atoms with Gasteiger partial charge in [-0.05, 0) is 43.7 Å². The largest absolute Gasteiger partial charge is 0.323 e. The highest BCUT2D eigenvalue weighted by Gasteiger charge is 2.18. The first-order valence-corrected chi connectivity index (χ1v) is 8.73. The van der Waals surface area contributed by atoms with Gasteiger partial charge in [-0.25, -0.2) is 14.5 Å². The van der Waals surface area contributed by atoms with E-state index in [4.69, 9.17) is 4.98 Å². The van der Waals surface area contributed by atoms with E-state index in [0.717, 1.165) is 39.2 Å². The summed E-state index contributed by atoms with van der Waals surface area (Å²) in [5.41, 5.74) is 5.90. The highest BCUT2D eigenvalue weighted by molar-refractivity contribution is 5.94. The maximum absolute atomic E-state index is 4.78. The summed E-state index contributed by atoms with van der Waals surface area (Å²) in [6, 6.07) is 9.79. The van der Waals surface area contributed by atoms with Crippen LogP contribution in [0.4, 0.5) is 0 Å². The van der Waals surface area contributed by atoms with Crippen molar-refractivity contribution in [2.24, 2.45) is 0 Å². The van der Waals surface area contributed by atoms with Gasteiger partial charge in [0.25, 0.3) is 0 Å². The molecule has 0 aromatic carbocycles. The predicted octanol–water partition coefficient (Wildman–Crippen LogP) is 3.20. The Hall–Kier alpha value is -3.61. The third-order valence-corrected chi connectivity index (χ3v) is 4.91. The van der Waals surface area contributed by atoms with Crippen LogP contribution >= 0.6 is 0 Å². The molecule has 0 bridgehead atoms. The van der Waals surface area contributed by atoms with Gasteiger partial charge in [0.05, 0.1) is 17.6 Å². The Labute approximate surface area is 155 Å². The molecule has 0 fully saturated rings. The van der Waals surface area contributed by atoms with Gasteiger partial charge in [0.15, 0.2) is 11.5 Å². The lowest BCUT2D eigenvalue weighted by Gasteiger charge is -2.07. The zero-order valence-corrected chi connectivity index (χ0v) is 15.0. The molecule has 0 aliphatic carbocycles. The van der Waals surface area contributed by atoms with Crippen LogP contribution in [0.25, 0.3) is 28.1 Å². The normalized spacial score (nSPS) is 11.5. The highest BCUT2D eigenvalue weighted by atomic mass is 15.3. The molecule has 5 aromatic heterocycles. The number of pyridine rings is 2. The second kappa shape index (κ2) is 5.98. The van der Waals surface area contributed by atoms with E-state index < -0.39 is 0 Å². The molecule has 0 unspecified atom stereocenters. The van der Waals surface area contributed by atoms with E-state index in [1.807, 2.05) is 36.5 Å². The van der Waals surface area contributed by atoms with Crippen molar-refractivity contribution in [1.29, 1.82) is 0 Å². The summed E-state index contributed by atoms with van der Waals surface area (Å²) in [6.45, 7) is 4.88. The fourth-order valence-corrected chi connectivity index (χ4v) is 3.39. The molecule has 0 saturated carbocycles. The summed E-state index contributed by atoms with van der Waals surface area (Å²) >= 11 is 0. The molecule has 27 heavy (non-hydrogen) atoms. The van der Waals surface area contributed by atoms with Crippen LogP contribution in [0.3, 0.4) is 0 Å². The Morgan fingerprint density at radius 1 is 0.963 bits per heavy atom. The first kappa shape index (κ1) is 15.6. The molecule has 5 aromatic rings. The van der Waals surface area contributed by atoms with Gasteiger partial charge in [-0.2, -0.15) is 0 Å². The summed E-state index contributed by atoms with van der Waals surface area (Å²) in [4.78, 5) is 18.1. The van der Waals surface area contributed by atoms with Crippen LogP contribution in [0.2, 0.25) is 0 Å². The third kappa shape index (κ3) is 2.47. The van der Waals surface area contributed by atoms with E-state index >= 15 is 0 Å². The van der Waals surface area contributed by atoms with Crippen molar-refractivity contribution in [3.05, 3.63) is 72.2 Å². The molecule has 0 aliphatic rings. The monoisotopic (exact) mass is 355 g/mol. The van der Waals surface area contributed by atoms with Crippen LogP contribution in [0, 0.1) is 13.8 Å². The molecule has 5 rings (SSSR count). The first-order valence-electron chi connectivity index (χ1n) is 8.73. The molecule has 132 valence electrons. The van der Waals surface area contributed by atoms with Crippen LogP contribution < -0.4 is 0 Å². The summed E-state index contributed by atoms with van der Waals surface area (Å²) < 4.78 is 3.92. The van der Waals surface area contributed by atoms with Gasteiger partial charge in [-0.3, -0.25) is 9.97 Å². The van der Waals surface area contributed by atoms with Gasteiger partial charge < -0.3 is 4.57 Å². The number of fused-ring (bicyclic) bond motifs is 3. The average Bonchev–Trinajstić information content (AvgIpc) is 3.25. The fourth-order valence-electron chi connectivity index (χ4n) is 3.39. The van der Waals surface area contributed by atoms with Crippen molar-refractivity contribution in [2.75, 3.05) is 0 Å². The molecule has 7 nitrogen and oxygen atoms in total. The quantitative estimate of drug-likeness (QED) is 0.497. The zero-order valence-electron chi connectivity index (χ0n) is 15.0. The Morgan fingerprint density at radius 3 is 2.67 bits per heavy atom. The second-order valence-electron chi connectivity index (χ2n) is 6.51. The maximum Gasteiger partial charge on any atom is 0.183 e. The zero-order chi connectivity index (χ0) is 18.4. The Kier molecular flexibility index (Phi) is 3.46. The Balaban J connectivity index is 1.72. The van der Waals surface area contributed by atoms with Crippen molar-refractivity contribution in [3.63, 3.8) is 0 Å². The van der Waals surface area contributed by atoms with Gasteiger partial charge >= 0.3 is 0 Å². The molecule has 0 N–H and O–H groups in total. The van der Waals surface area contributed by atoms with Crippen LogP contribution in [-0.4, -0.2) is 34.1 Å². The van der Waals surface area contributed by atoms with Gasteiger partial charge in [-0.1, -0.05) is 6.07 Å². The summed E-state index contributed by atoms with van der Waals surface area (Å²) in [7, 11) is 0. The van der Waals surface area contributed by atoms with E-state index in [0.29, 0.717) is 12.4 Å². The lowest BCUT2D eigenvalue weighted by Crippen LogP contribution is -2.04. The van der Waals surface area contributed by atoms with Gasteiger partial charge in [0.1, 0.15) is 12.0 Å². The summed E-state index contributed by atoms with van der Waals surface area (Å²) in [5.74, 6) is 0.645. The van der Waals surface area contributed by atoms with E-state index in [1.54, 1.807) is 23.2 Å². The van der Waals surface area contributed by atoms with Gasteiger partial charge in [-0.15, -0.1) is 5.10 Å². The van der Waals surface area contributed by atoms with E-state index in [-0.39, 0.29) is 0 Å². The minimum atomic E-state index is 0.645. The van der Waals surface area contributed by atoms with Crippen LogP contribution in [0.5, 0.6) is 0 Å². The summed E-state index contributed by atoms with van der Waals surface area (Å²) in [5, 5.41) is 5.60. The molecule has 0 amide bonds. The molecular weight excluding hydrogens is 338 g/mol. The van der Waals surface area contributed by atoms with E-state index in [1.165, 1.54) is 0 Å². The van der Waals surface area contributed by atoms with Crippen molar-refractivity contribution in [3.8, 4) is 11.4 Å².